The van der Waals surface area contributed by atoms with Crippen molar-refractivity contribution in [3.63, 3.8) is 0 Å². The lowest BCUT2D eigenvalue weighted by atomic mass is 10.0. The number of anilines is 1. The van der Waals surface area contributed by atoms with Crippen LogP contribution in [0, 0.1) is 5.92 Å². The van der Waals surface area contributed by atoms with Crippen molar-refractivity contribution in [3.05, 3.63) is 29.8 Å². The van der Waals surface area contributed by atoms with Gasteiger partial charge in [0.1, 0.15) is 6.54 Å². The van der Waals surface area contributed by atoms with Crippen molar-refractivity contribution in [1.82, 2.24) is 4.90 Å². The van der Waals surface area contributed by atoms with Crippen molar-refractivity contribution >= 4 is 17.5 Å². The summed E-state index contributed by atoms with van der Waals surface area (Å²) in [6.45, 7) is 4.29. The Morgan fingerprint density at radius 3 is 2.62 bits per heavy atom. The van der Waals surface area contributed by atoms with E-state index in [-0.39, 0.29) is 18.1 Å². The Morgan fingerprint density at radius 2 is 2.04 bits per heavy atom. The number of benzene rings is 1. The van der Waals surface area contributed by atoms with Gasteiger partial charge in [0, 0.05) is 25.7 Å². The predicted molar refractivity (Wildman–Crippen MR) is 84.4 cm³/mol. The number of carbonyl (C=O) groups excluding carboxylic acids is 2. The van der Waals surface area contributed by atoms with E-state index in [9.17, 15) is 22.8 Å². The van der Waals surface area contributed by atoms with Crippen LogP contribution >= 0.6 is 0 Å². The van der Waals surface area contributed by atoms with Crippen LogP contribution in [0.2, 0.25) is 0 Å². The van der Waals surface area contributed by atoms with Crippen molar-refractivity contribution in [2.45, 2.75) is 32.9 Å². The third-order valence-corrected chi connectivity index (χ3v) is 4.17. The molecule has 7 heteroatoms. The van der Waals surface area contributed by atoms with E-state index in [2.05, 4.69) is 6.92 Å². The van der Waals surface area contributed by atoms with Gasteiger partial charge in [-0.25, -0.2) is 0 Å². The monoisotopic (exact) mass is 342 g/mol. The third kappa shape index (κ3) is 4.49. The molecule has 1 aromatic carbocycles. The molecule has 1 heterocycles. The molecule has 0 saturated carbocycles. The van der Waals surface area contributed by atoms with Gasteiger partial charge in [0.25, 0.3) is 0 Å². The van der Waals surface area contributed by atoms with E-state index >= 15 is 0 Å². The quantitative estimate of drug-likeness (QED) is 0.845. The molecule has 4 nitrogen and oxygen atoms in total. The molecule has 1 aliphatic rings. The van der Waals surface area contributed by atoms with E-state index in [1.165, 1.54) is 19.1 Å². The topological polar surface area (TPSA) is 40.6 Å². The van der Waals surface area contributed by atoms with Crippen molar-refractivity contribution in [1.29, 1.82) is 0 Å². The zero-order valence-electron chi connectivity index (χ0n) is 13.8. The normalized spacial score (nSPS) is 18.4. The fourth-order valence-electron chi connectivity index (χ4n) is 2.89. The Labute approximate surface area is 139 Å². The highest BCUT2D eigenvalue weighted by Crippen LogP contribution is 2.31. The molecule has 1 aromatic rings. The number of halogens is 3. The van der Waals surface area contributed by atoms with Gasteiger partial charge in [0.15, 0.2) is 0 Å². The average molecular weight is 342 g/mol. The van der Waals surface area contributed by atoms with Crippen LogP contribution in [-0.4, -0.2) is 36.3 Å². The molecule has 0 spiro atoms. The number of nitrogens with zero attached hydrogens (tertiary/aromatic N) is 2. The highest BCUT2D eigenvalue weighted by atomic mass is 19.4. The lowest BCUT2D eigenvalue weighted by Gasteiger charge is -2.32. The fourth-order valence-corrected chi connectivity index (χ4v) is 2.89. The highest BCUT2D eigenvalue weighted by Gasteiger charge is 2.31. The van der Waals surface area contributed by atoms with Gasteiger partial charge in [-0.2, -0.15) is 13.2 Å². The first-order chi connectivity index (χ1) is 11.2. The van der Waals surface area contributed by atoms with Crippen LogP contribution in [0.4, 0.5) is 18.9 Å². The van der Waals surface area contributed by atoms with E-state index in [1.54, 1.807) is 4.90 Å². The van der Waals surface area contributed by atoms with Crippen LogP contribution in [0.1, 0.15) is 32.3 Å². The number of hydrogen-bond donors (Lipinski definition) is 0. The lowest BCUT2D eigenvalue weighted by molar-refractivity contribution is -0.137. The average Bonchev–Trinajstić information content (AvgIpc) is 2.51. The Bertz CT molecular complexity index is 616. The molecule has 1 fully saturated rings. The van der Waals surface area contributed by atoms with E-state index in [0.717, 1.165) is 29.9 Å². The summed E-state index contributed by atoms with van der Waals surface area (Å²) in [4.78, 5) is 27.1. The first-order valence-corrected chi connectivity index (χ1v) is 7.91. The van der Waals surface area contributed by atoms with Gasteiger partial charge in [-0.3, -0.25) is 9.59 Å². The Hall–Kier alpha value is -2.05. The molecular formula is C17H21F3N2O2. The zero-order valence-corrected chi connectivity index (χ0v) is 13.8. The van der Waals surface area contributed by atoms with Crippen molar-refractivity contribution in [3.8, 4) is 0 Å². The first kappa shape index (κ1) is 18.3. The molecular weight excluding hydrogens is 321 g/mol. The van der Waals surface area contributed by atoms with Crippen molar-refractivity contribution in [2.24, 2.45) is 5.92 Å². The largest absolute Gasteiger partial charge is 0.416 e. The van der Waals surface area contributed by atoms with Gasteiger partial charge in [0.05, 0.1) is 5.56 Å². The number of amides is 2. The standard InChI is InChI=1S/C17H21F3N2O2/c1-12-5-4-8-21(10-12)16(24)11-22(13(2)23)15-7-3-6-14(9-15)17(18,19)20/h3,6-7,9,12H,4-5,8,10-11H2,1-2H3. The molecule has 0 aromatic heterocycles. The molecule has 1 aliphatic heterocycles. The van der Waals surface area contributed by atoms with Crippen LogP contribution in [0.5, 0.6) is 0 Å². The molecule has 0 radical (unpaired) electrons. The van der Waals surface area contributed by atoms with Gasteiger partial charge in [-0.1, -0.05) is 13.0 Å². The Morgan fingerprint density at radius 1 is 1.33 bits per heavy atom. The smallest absolute Gasteiger partial charge is 0.341 e. The van der Waals surface area contributed by atoms with E-state index in [4.69, 9.17) is 0 Å². The van der Waals surface area contributed by atoms with Crippen LogP contribution < -0.4 is 4.90 Å². The number of alkyl halides is 3. The number of rotatable bonds is 3. The van der Waals surface area contributed by atoms with Gasteiger partial charge < -0.3 is 9.80 Å². The molecule has 1 saturated heterocycles. The second-order valence-electron chi connectivity index (χ2n) is 6.24. The summed E-state index contributed by atoms with van der Waals surface area (Å²) in [6, 6.07) is 4.48. The van der Waals surface area contributed by atoms with E-state index in [1.807, 2.05) is 0 Å². The molecule has 0 N–H and O–H groups in total. The summed E-state index contributed by atoms with van der Waals surface area (Å²) in [6.07, 6.45) is -2.55. The maximum absolute atomic E-state index is 12.9. The first-order valence-electron chi connectivity index (χ1n) is 7.91. The number of likely N-dealkylation sites (tertiary alicyclic amines) is 1. The Balaban J connectivity index is 2.18. The minimum atomic E-state index is -4.50. The molecule has 1 atom stereocenters. The molecule has 0 aliphatic carbocycles. The van der Waals surface area contributed by atoms with Crippen molar-refractivity contribution in [2.75, 3.05) is 24.5 Å². The number of piperidine rings is 1. The molecule has 1 unspecified atom stereocenters. The summed E-state index contributed by atoms with van der Waals surface area (Å²) in [7, 11) is 0. The van der Waals surface area contributed by atoms with Crippen LogP contribution in [-0.2, 0) is 15.8 Å². The molecule has 24 heavy (non-hydrogen) atoms. The second-order valence-corrected chi connectivity index (χ2v) is 6.24. The Kier molecular flexibility index (Phi) is 5.51. The SMILES string of the molecule is CC(=O)N(CC(=O)N1CCCC(C)C1)c1cccc(C(F)(F)F)c1. The van der Waals surface area contributed by atoms with E-state index in [0.29, 0.717) is 19.0 Å². The summed E-state index contributed by atoms with van der Waals surface area (Å²) in [5, 5.41) is 0. The summed E-state index contributed by atoms with van der Waals surface area (Å²) >= 11 is 0. The fraction of sp³-hybridized carbons (Fsp3) is 0.529. The third-order valence-electron chi connectivity index (χ3n) is 4.17. The maximum Gasteiger partial charge on any atom is 0.416 e. The minimum Gasteiger partial charge on any atom is -0.341 e. The molecule has 2 rings (SSSR count). The minimum absolute atomic E-state index is 0.0794. The summed E-state index contributed by atoms with van der Waals surface area (Å²) in [5.74, 6) is -0.316. The second kappa shape index (κ2) is 7.23. The maximum atomic E-state index is 12.9. The number of hydrogen-bond acceptors (Lipinski definition) is 2. The molecule has 2 amide bonds. The molecule has 132 valence electrons. The van der Waals surface area contributed by atoms with Crippen LogP contribution in [0.25, 0.3) is 0 Å². The van der Waals surface area contributed by atoms with Gasteiger partial charge in [-0.15, -0.1) is 0 Å². The highest BCUT2D eigenvalue weighted by molar-refractivity contribution is 5.97. The molecule has 0 bridgehead atoms. The zero-order chi connectivity index (χ0) is 17.9. The summed E-state index contributed by atoms with van der Waals surface area (Å²) < 4.78 is 38.6. The van der Waals surface area contributed by atoms with Gasteiger partial charge >= 0.3 is 6.18 Å². The van der Waals surface area contributed by atoms with Gasteiger partial charge in [0.2, 0.25) is 11.8 Å². The van der Waals surface area contributed by atoms with Crippen molar-refractivity contribution < 1.29 is 22.8 Å². The van der Waals surface area contributed by atoms with Gasteiger partial charge in [-0.05, 0) is 37.0 Å². The predicted octanol–water partition coefficient (Wildman–Crippen LogP) is 3.32. The lowest BCUT2D eigenvalue weighted by Crippen LogP contribution is -2.46. The van der Waals surface area contributed by atoms with Crippen LogP contribution in [0.3, 0.4) is 0 Å². The number of carbonyl (C=O) groups is 2. The van der Waals surface area contributed by atoms with E-state index < -0.39 is 17.6 Å². The van der Waals surface area contributed by atoms with Crippen LogP contribution in [0.15, 0.2) is 24.3 Å². The summed E-state index contributed by atoms with van der Waals surface area (Å²) in [5.41, 5.74) is -0.763.